The Morgan fingerprint density at radius 2 is 1.61 bits per heavy atom. The first-order valence-electron chi connectivity index (χ1n) is 12.8. The van der Waals surface area contributed by atoms with E-state index in [1.54, 1.807) is 23.1 Å². The van der Waals surface area contributed by atoms with E-state index >= 15 is 0 Å². The lowest BCUT2D eigenvalue weighted by atomic mass is 10.0. The molecule has 38 heavy (non-hydrogen) atoms. The van der Waals surface area contributed by atoms with Crippen molar-refractivity contribution in [2.45, 2.75) is 56.5 Å². The van der Waals surface area contributed by atoms with Gasteiger partial charge in [0.15, 0.2) is 0 Å². The van der Waals surface area contributed by atoms with Gasteiger partial charge in [-0.1, -0.05) is 101 Å². The fourth-order valence-electron chi connectivity index (χ4n) is 4.75. The zero-order chi connectivity index (χ0) is 26.9. The Hall–Kier alpha value is -1.99. The van der Waals surface area contributed by atoms with Crippen LogP contribution in [-0.4, -0.2) is 34.6 Å². The van der Waals surface area contributed by atoms with Crippen LogP contribution in [0.2, 0.25) is 10.0 Å². The molecule has 1 aliphatic carbocycles. The van der Waals surface area contributed by atoms with Crippen molar-refractivity contribution in [3.8, 4) is 0 Å². The summed E-state index contributed by atoms with van der Waals surface area (Å²) in [6.45, 7) is 0.335. The van der Waals surface area contributed by atoms with Gasteiger partial charge in [-0.15, -0.1) is 11.8 Å². The van der Waals surface area contributed by atoms with Crippen molar-refractivity contribution in [2.75, 3.05) is 5.75 Å². The van der Waals surface area contributed by atoms with Crippen molar-refractivity contribution in [1.82, 2.24) is 10.2 Å². The number of rotatable bonds is 11. The van der Waals surface area contributed by atoms with Gasteiger partial charge in [0, 0.05) is 39.3 Å². The molecule has 0 bridgehead atoms. The second-order valence-corrected chi connectivity index (χ2v) is 12.3. The Kier molecular flexibility index (Phi) is 11.0. The fraction of sp³-hybridized carbons (Fsp3) is 0.333. The maximum absolute atomic E-state index is 13.8. The topological polar surface area (TPSA) is 49.4 Å². The third-order valence-electron chi connectivity index (χ3n) is 6.75. The molecule has 200 valence electrons. The predicted octanol–water partition coefficient (Wildman–Crippen LogP) is 7.69. The van der Waals surface area contributed by atoms with Gasteiger partial charge in [0.2, 0.25) is 11.8 Å². The highest BCUT2D eigenvalue weighted by molar-refractivity contribution is 9.10. The monoisotopic (exact) mass is 632 g/mol. The minimum atomic E-state index is -0.631. The summed E-state index contributed by atoms with van der Waals surface area (Å²) in [7, 11) is 0. The van der Waals surface area contributed by atoms with Crippen molar-refractivity contribution >= 4 is 62.7 Å². The lowest BCUT2D eigenvalue weighted by Crippen LogP contribution is -2.52. The number of halogens is 3. The van der Waals surface area contributed by atoms with Gasteiger partial charge >= 0.3 is 0 Å². The van der Waals surface area contributed by atoms with Crippen LogP contribution in [-0.2, 0) is 28.3 Å². The van der Waals surface area contributed by atoms with Gasteiger partial charge in [-0.05, 0) is 53.8 Å². The lowest BCUT2D eigenvalue weighted by Gasteiger charge is -2.32. The predicted molar refractivity (Wildman–Crippen MR) is 162 cm³/mol. The van der Waals surface area contributed by atoms with E-state index in [0.717, 1.165) is 46.8 Å². The van der Waals surface area contributed by atoms with Crippen LogP contribution < -0.4 is 5.32 Å². The summed E-state index contributed by atoms with van der Waals surface area (Å²) in [6, 6.07) is 22.7. The Labute approximate surface area is 247 Å². The number of nitrogens with zero attached hydrogens (tertiary/aromatic N) is 1. The van der Waals surface area contributed by atoms with Crippen LogP contribution in [0, 0.1) is 0 Å². The Bertz CT molecular complexity index is 1220. The molecule has 0 spiro atoms. The first kappa shape index (κ1) is 29.0. The van der Waals surface area contributed by atoms with Crippen LogP contribution in [0.5, 0.6) is 0 Å². The zero-order valence-corrected chi connectivity index (χ0v) is 25.0. The van der Waals surface area contributed by atoms with Crippen LogP contribution in [0.4, 0.5) is 0 Å². The molecule has 1 aliphatic rings. The van der Waals surface area contributed by atoms with Gasteiger partial charge in [-0.2, -0.15) is 0 Å². The third kappa shape index (κ3) is 8.25. The van der Waals surface area contributed by atoms with E-state index in [-0.39, 0.29) is 23.6 Å². The highest BCUT2D eigenvalue weighted by Crippen LogP contribution is 2.29. The molecule has 3 aromatic carbocycles. The second kappa shape index (κ2) is 14.4. The summed E-state index contributed by atoms with van der Waals surface area (Å²) >= 11 is 17.7. The zero-order valence-electron chi connectivity index (χ0n) is 21.0. The quantitative estimate of drug-likeness (QED) is 0.236. The van der Waals surface area contributed by atoms with Gasteiger partial charge in [0.1, 0.15) is 6.04 Å². The molecule has 4 nitrogen and oxygen atoms in total. The average Bonchev–Trinajstić information content (AvgIpc) is 3.41. The molecule has 0 radical (unpaired) electrons. The van der Waals surface area contributed by atoms with Gasteiger partial charge in [-0.25, -0.2) is 0 Å². The minimum Gasteiger partial charge on any atom is -0.352 e. The second-order valence-electron chi connectivity index (χ2n) is 9.54. The SMILES string of the molecule is O=C(NC1CCCC1)[C@@H](Cc1ccccc1)N(Cc1cccc(Br)c1)C(=O)CSCc1c(Cl)cccc1Cl. The number of hydrogen-bond acceptors (Lipinski definition) is 3. The first-order chi connectivity index (χ1) is 18.4. The third-order valence-corrected chi connectivity index (χ3v) is 8.89. The Balaban J connectivity index is 1.58. The molecular weight excluding hydrogens is 603 g/mol. The summed E-state index contributed by atoms with van der Waals surface area (Å²) in [4.78, 5) is 29.3. The van der Waals surface area contributed by atoms with Crippen molar-refractivity contribution < 1.29 is 9.59 Å². The number of carbonyl (C=O) groups is 2. The van der Waals surface area contributed by atoms with E-state index in [1.165, 1.54) is 11.8 Å². The molecule has 1 atom stereocenters. The van der Waals surface area contributed by atoms with Gasteiger partial charge < -0.3 is 10.2 Å². The number of carbonyl (C=O) groups excluding carboxylic acids is 2. The van der Waals surface area contributed by atoms with Gasteiger partial charge in [0.05, 0.1) is 5.75 Å². The number of benzene rings is 3. The largest absolute Gasteiger partial charge is 0.352 e. The van der Waals surface area contributed by atoms with E-state index in [2.05, 4.69) is 21.2 Å². The number of nitrogens with one attached hydrogen (secondary N) is 1. The highest BCUT2D eigenvalue weighted by Gasteiger charge is 2.32. The molecule has 0 aliphatic heterocycles. The Morgan fingerprint density at radius 3 is 2.29 bits per heavy atom. The molecule has 0 heterocycles. The molecule has 0 aromatic heterocycles. The molecular formula is C30H31BrCl2N2O2S. The molecule has 8 heteroatoms. The van der Waals surface area contributed by atoms with E-state index in [1.807, 2.05) is 54.6 Å². The molecule has 2 amide bonds. The smallest absolute Gasteiger partial charge is 0.243 e. The summed E-state index contributed by atoms with van der Waals surface area (Å²) in [5.74, 6) is 0.522. The molecule has 4 rings (SSSR count). The number of amides is 2. The molecule has 1 saturated carbocycles. The molecule has 1 fully saturated rings. The van der Waals surface area contributed by atoms with Crippen molar-refractivity contribution in [3.63, 3.8) is 0 Å². The van der Waals surface area contributed by atoms with Crippen LogP contribution >= 0.6 is 50.9 Å². The van der Waals surface area contributed by atoms with Gasteiger partial charge in [-0.3, -0.25) is 9.59 Å². The summed E-state index contributed by atoms with van der Waals surface area (Å²) in [6.07, 6.45) is 4.66. The van der Waals surface area contributed by atoms with Crippen molar-refractivity contribution in [2.24, 2.45) is 0 Å². The molecule has 0 unspecified atom stereocenters. The van der Waals surface area contributed by atoms with E-state index in [4.69, 9.17) is 23.2 Å². The summed E-state index contributed by atoms with van der Waals surface area (Å²) in [5, 5.41) is 4.41. The fourth-order valence-corrected chi connectivity index (χ4v) is 6.84. The van der Waals surface area contributed by atoms with E-state index in [0.29, 0.717) is 28.8 Å². The van der Waals surface area contributed by atoms with Crippen LogP contribution in [0.25, 0.3) is 0 Å². The maximum Gasteiger partial charge on any atom is 0.243 e. The van der Waals surface area contributed by atoms with E-state index < -0.39 is 6.04 Å². The molecule has 1 N–H and O–H groups in total. The molecule has 0 saturated heterocycles. The van der Waals surface area contributed by atoms with Crippen molar-refractivity contribution in [3.05, 3.63) is 104 Å². The maximum atomic E-state index is 13.8. The van der Waals surface area contributed by atoms with Gasteiger partial charge in [0.25, 0.3) is 0 Å². The van der Waals surface area contributed by atoms with Crippen LogP contribution in [0.15, 0.2) is 77.3 Å². The minimum absolute atomic E-state index is 0.0942. The molecule has 3 aromatic rings. The summed E-state index contributed by atoms with van der Waals surface area (Å²) in [5.41, 5.74) is 2.78. The Morgan fingerprint density at radius 1 is 0.947 bits per heavy atom. The normalized spacial score (nSPS) is 14.3. The van der Waals surface area contributed by atoms with E-state index in [9.17, 15) is 9.59 Å². The average molecular weight is 634 g/mol. The number of thioether (sulfide) groups is 1. The number of hydrogen-bond donors (Lipinski definition) is 1. The first-order valence-corrected chi connectivity index (χ1v) is 15.5. The van der Waals surface area contributed by atoms with Crippen LogP contribution in [0.3, 0.4) is 0 Å². The van der Waals surface area contributed by atoms with Crippen molar-refractivity contribution in [1.29, 1.82) is 0 Å². The summed E-state index contributed by atoms with van der Waals surface area (Å²) < 4.78 is 0.931. The highest BCUT2D eigenvalue weighted by atomic mass is 79.9. The standard InChI is InChI=1S/C30H31BrCl2N2O2S/c31-23-11-6-10-22(16-23)18-35(29(36)20-38-19-25-26(32)14-7-15-27(25)33)28(17-21-8-2-1-3-9-21)30(37)34-24-12-4-5-13-24/h1-3,6-11,14-16,24,28H,4-5,12-13,17-20H2,(H,34,37)/t28-/m1/s1. The van der Waals surface area contributed by atoms with Crippen LogP contribution in [0.1, 0.15) is 42.4 Å². The lowest BCUT2D eigenvalue weighted by molar-refractivity contribution is -0.139.